The van der Waals surface area contributed by atoms with Gasteiger partial charge in [0.2, 0.25) is 5.88 Å². The van der Waals surface area contributed by atoms with Crippen LogP contribution in [0.5, 0.6) is 5.88 Å². The fourth-order valence-corrected chi connectivity index (χ4v) is 1.49. The van der Waals surface area contributed by atoms with Crippen molar-refractivity contribution in [3.8, 4) is 5.88 Å². The van der Waals surface area contributed by atoms with Crippen molar-refractivity contribution < 1.29 is 4.74 Å². The third kappa shape index (κ3) is 1.53. The number of rotatable bonds is 2. The summed E-state index contributed by atoms with van der Waals surface area (Å²) in [5, 5.41) is 0. The van der Waals surface area contributed by atoms with Gasteiger partial charge in [-0.25, -0.2) is 4.98 Å². The van der Waals surface area contributed by atoms with Crippen molar-refractivity contribution in [2.45, 2.75) is 31.8 Å². The molecule has 0 radical (unpaired) electrons. The standard InChI is InChI=1S/C8H12N2O/c1-2-4-7(3-1)11-8-5-9-6-10-8/h5-7H,1-4H2,(H,9,10). The lowest BCUT2D eigenvalue weighted by atomic mass is 10.3. The Hall–Kier alpha value is -0.990. The normalized spacial score (nSPS) is 18.9. The van der Waals surface area contributed by atoms with Crippen molar-refractivity contribution in [3.05, 3.63) is 12.5 Å². The van der Waals surface area contributed by atoms with Gasteiger partial charge in [0.25, 0.3) is 0 Å². The highest BCUT2D eigenvalue weighted by Crippen LogP contribution is 2.22. The lowest BCUT2D eigenvalue weighted by molar-refractivity contribution is 0.202. The Balaban J connectivity index is 1.90. The molecule has 0 bridgehead atoms. The van der Waals surface area contributed by atoms with Gasteiger partial charge in [-0.15, -0.1) is 0 Å². The van der Waals surface area contributed by atoms with E-state index in [9.17, 15) is 0 Å². The van der Waals surface area contributed by atoms with Crippen molar-refractivity contribution in [1.29, 1.82) is 0 Å². The van der Waals surface area contributed by atoms with Crippen LogP contribution < -0.4 is 4.74 Å². The first-order valence-electron chi connectivity index (χ1n) is 4.10. The number of nitrogens with one attached hydrogen (secondary N) is 1. The van der Waals surface area contributed by atoms with Crippen LogP contribution in [0, 0.1) is 0 Å². The van der Waals surface area contributed by atoms with Crippen LogP contribution in [0.1, 0.15) is 25.7 Å². The molecule has 0 atom stereocenters. The summed E-state index contributed by atoms with van der Waals surface area (Å²) in [5.41, 5.74) is 0. The largest absolute Gasteiger partial charge is 0.475 e. The Kier molecular flexibility index (Phi) is 1.79. The SMILES string of the molecule is c1ncc(OC2CCCC2)[nH]1. The molecule has 11 heavy (non-hydrogen) atoms. The van der Waals surface area contributed by atoms with Crippen molar-refractivity contribution >= 4 is 0 Å². The Morgan fingerprint density at radius 2 is 2.27 bits per heavy atom. The molecule has 3 heteroatoms. The molecule has 1 fully saturated rings. The first-order valence-corrected chi connectivity index (χ1v) is 4.10. The van der Waals surface area contributed by atoms with Crippen LogP contribution in [-0.4, -0.2) is 16.1 Å². The molecule has 1 aromatic rings. The van der Waals surface area contributed by atoms with Gasteiger partial charge in [-0.2, -0.15) is 0 Å². The van der Waals surface area contributed by atoms with Crippen molar-refractivity contribution in [3.63, 3.8) is 0 Å². The second kappa shape index (κ2) is 2.95. The molecule has 1 aromatic heterocycles. The minimum atomic E-state index is 0.426. The first kappa shape index (κ1) is 6.70. The molecule has 0 spiro atoms. The summed E-state index contributed by atoms with van der Waals surface area (Å²) in [7, 11) is 0. The highest BCUT2D eigenvalue weighted by molar-refractivity contribution is 5.02. The van der Waals surface area contributed by atoms with Crippen molar-refractivity contribution in [2.24, 2.45) is 0 Å². The number of nitrogens with zero attached hydrogens (tertiary/aromatic N) is 1. The third-order valence-corrected chi connectivity index (χ3v) is 2.07. The quantitative estimate of drug-likeness (QED) is 0.700. The van der Waals surface area contributed by atoms with Gasteiger partial charge in [-0.1, -0.05) is 0 Å². The van der Waals surface area contributed by atoms with Crippen LogP contribution in [-0.2, 0) is 0 Å². The number of aromatic amines is 1. The molecule has 2 rings (SSSR count). The van der Waals surface area contributed by atoms with Gasteiger partial charge in [0.05, 0.1) is 12.5 Å². The minimum Gasteiger partial charge on any atom is -0.475 e. The Labute approximate surface area is 65.8 Å². The summed E-state index contributed by atoms with van der Waals surface area (Å²) in [4.78, 5) is 6.81. The predicted molar refractivity (Wildman–Crippen MR) is 41.5 cm³/mol. The fourth-order valence-electron chi connectivity index (χ4n) is 1.49. The Morgan fingerprint density at radius 3 is 2.91 bits per heavy atom. The third-order valence-electron chi connectivity index (χ3n) is 2.07. The molecule has 1 heterocycles. The van der Waals surface area contributed by atoms with E-state index in [-0.39, 0.29) is 0 Å². The molecule has 60 valence electrons. The number of aromatic nitrogens is 2. The average molecular weight is 152 g/mol. The molecule has 1 aliphatic carbocycles. The first-order chi connectivity index (χ1) is 5.45. The number of imidazole rings is 1. The maximum Gasteiger partial charge on any atom is 0.211 e. The lowest BCUT2D eigenvalue weighted by Crippen LogP contribution is -2.10. The van der Waals surface area contributed by atoms with Gasteiger partial charge < -0.3 is 9.72 Å². The zero-order chi connectivity index (χ0) is 7.52. The van der Waals surface area contributed by atoms with Gasteiger partial charge in [-0.05, 0) is 25.7 Å². The second-order valence-corrected chi connectivity index (χ2v) is 2.94. The molecular formula is C8H12N2O. The molecule has 0 aromatic carbocycles. The van der Waals surface area contributed by atoms with Crippen LogP contribution in [0.3, 0.4) is 0 Å². The molecule has 1 N–H and O–H groups in total. The van der Waals surface area contributed by atoms with E-state index in [1.165, 1.54) is 25.7 Å². The smallest absolute Gasteiger partial charge is 0.211 e. The van der Waals surface area contributed by atoms with Crippen molar-refractivity contribution in [1.82, 2.24) is 9.97 Å². The van der Waals surface area contributed by atoms with E-state index >= 15 is 0 Å². The molecular weight excluding hydrogens is 140 g/mol. The maximum absolute atomic E-state index is 5.60. The second-order valence-electron chi connectivity index (χ2n) is 2.94. The van der Waals surface area contributed by atoms with E-state index in [4.69, 9.17) is 4.74 Å². The predicted octanol–water partition coefficient (Wildman–Crippen LogP) is 1.73. The summed E-state index contributed by atoms with van der Waals surface area (Å²) in [6, 6.07) is 0. The summed E-state index contributed by atoms with van der Waals surface area (Å²) in [6.07, 6.45) is 8.79. The summed E-state index contributed by atoms with van der Waals surface area (Å²) in [6.45, 7) is 0. The molecule has 0 aliphatic heterocycles. The number of hydrogen-bond acceptors (Lipinski definition) is 2. The zero-order valence-electron chi connectivity index (χ0n) is 6.42. The lowest BCUT2D eigenvalue weighted by Gasteiger charge is -2.09. The van der Waals surface area contributed by atoms with E-state index in [0.717, 1.165) is 5.88 Å². The van der Waals surface area contributed by atoms with E-state index < -0.39 is 0 Å². The fraction of sp³-hybridized carbons (Fsp3) is 0.625. The van der Waals surface area contributed by atoms with Gasteiger partial charge >= 0.3 is 0 Å². The number of hydrogen-bond donors (Lipinski definition) is 1. The van der Waals surface area contributed by atoms with Gasteiger partial charge in [0.1, 0.15) is 6.10 Å². The molecule has 0 amide bonds. The monoisotopic (exact) mass is 152 g/mol. The van der Waals surface area contributed by atoms with E-state index in [0.29, 0.717) is 6.10 Å². The molecule has 1 aliphatic rings. The summed E-state index contributed by atoms with van der Waals surface area (Å²) < 4.78 is 5.60. The summed E-state index contributed by atoms with van der Waals surface area (Å²) in [5.74, 6) is 0.803. The molecule has 3 nitrogen and oxygen atoms in total. The Bertz CT molecular complexity index is 202. The highest BCUT2D eigenvalue weighted by atomic mass is 16.5. The van der Waals surface area contributed by atoms with E-state index in [1.54, 1.807) is 12.5 Å². The number of ether oxygens (including phenoxy) is 1. The molecule has 0 unspecified atom stereocenters. The van der Waals surface area contributed by atoms with Gasteiger partial charge in [-0.3, -0.25) is 0 Å². The van der Waals surface area contributed by atoms with Crippen LogP contribution in [0.2, 0.25) is 0 Å². The Morgan fingerprint density at radius 1 is 1.45 bits per heavy atom. The molecule has 1 saturated carbocycles. The van der Waals surface area contributed by atoms with Crippen LogP contribution in [0.15, 0.2) is 12.5 Å². The van der Waals surface area contributed by atoms with E-state index in [1.807, 2.05) is 0 Å². The van der Waals surface area contributed by atoms with Crippen LogP contribution in [0.25, 0.3) is 0 Å². The van der Waals surface area contributed by atoms with Gasteiger partial charge in [0, 0.05) is 0 Å². The van der Waals surface area contributed by atoms with Gasteiger partial charge in [0.15, 0.2) is 0 Å². The maximum atomic E-state index is 5.60. The highest BCUT2D eigenvalue weighted by Gasteiger charge is 2.16. The minimum absolute atomic E-state index is 0.426. The van der Waals surface area contributed by atoms with E-state index in [2.05, 4.69) is 9.97 Å². The van der Waals surface area contributed by atoms with Crippen LogP contribution >= 0.6 is 0 Å². The zero-order valence-corrected chi connectivity index (χ0v) is 6.42. The summed E-state index contributed by atoms with van der Waals surface area (Å²) >= 11 is 0. The topological polar surface area (TPSA) is 37.9 Å². The molecule has 0 saturated heterocycles. The average Bonchev–Trinajstić information content (AvgIpc) is 2.60. The van der Waals surface area contributed by atoms with Crippen LogP contribution in [0.4, 0.5) is 0 Å². The number of H-pyrrole nitrogens is 1. The van der Waals surface area contributed by atoms with Crippen molar-refractivity contribution in [2.75, 3.05) is 0 Å².